The molecule has 0 bridgehead atoms. The van der Waals surface area contributed by atoms with Gasteiger partial charge in [-0.25, -0.2) is 0 Å². The molecule has 0 saturated carbocycles. The highest BCUT2D eigenvalue weighted by Gasteiger charge is 2.11. The van der Waals surface area contributed by atoms with Crippen molar-refractivity contribution >= 4 is 0 Å². The Morgan fingerprint density at radius 2 is 1.94 bits per heavy atom. The van der Waals surface area contributed by atoms with Gasteiger partial charge in [0.25, 0.3) is 0 Å². The molecule has 1 aromatic carbocycles. The van der Waals surface area contributed by atoms with E-state index in [1.165, 1.54) is 24.8 Å². The molecule has 1 aromatic rings. The lowest BCUT2D eigenvalue weighted by Crippen LogP contribution is -2.37. The van der Waals surface area contributed by atoms with Crippen LogP contribution in [0.2, 0.25) is 0 Å². The lowest BCUT2D eigenvalue weighted by atomic mass is 10.0. The Balaban J connectivity index is 2.55. The maximum atomic E-state index is 5.40. The lowest BCUT2D eigenvalue weighted by molar-refractivity contribution is 0.390. The lowest BCUT2D eigenvalue weighted by Gasteiger charge is -2.22. The molecule has 0 radical (unpaired) electrons. The van der Waals surface area contributed by atoms with Gasteiger partial charge in [-0.05, 0) is 37.8 Å². The van der Waals surface area contributed by atoms with Crippen molar-refractivity contribution in [2.24, 2.45) is 0 Å². The second-order valence-corrected chi connectivity index (χ2v) is 4.98. The summed E-state index contributed by atoms with van der Waals surface area (Å²) >= 11 is 0. The topological polar surface area (TPSA) is 21.3 Å². The zero-order valence-corrected chi connectivity index (χ0v) is 12.2. The molecule has 0 saturated heterocycles. The molecule has 0 aliphatic carbocycles. The molecule has 1 N–H and O–H groups in total. The van der Waals surface area contributed by atoms with Crippen molar-refractivity contribution in [2.75, 3.05) is 7.11 Å². The van der Waals surface area contributed by atoms with Crippen LogP contribution in [0.1, 0.15) is 45.6 Å². The van der Waals surface area contributed by atoms with Gasteiger partial charge in [-0.2, -0.15) is 0 Å². The van der Waals surface area contributed by atoms with E-state index >= 15 is 0 Å². The fraction of sp³-hybridized carbons (Fsp3) is 0.625. The molecular weight excluding hydrogens is 222 g/mol. The summed E-state index contributed by atoms with van der Waals surface area (Å²) in [4.78, 5) is 0. The van der Waals surface area contributed by atoms with Crippen LogP contribution in [0.3, 0.4) is 0 Å². The van der Waals surface area contributed by atoms with Gasteiger partial charge in [0.05, 0.1) is 7.11 Å². The van der Waals surface area contributed by atoms with E-state index in [9.17, 15) is 0 Å². The van der Waals surface area contributed by atoms with Crippen LogP contribution in [0.25, 0.3) is 0 Å². The van der Waals surface area contributed by atoms with E-state index < -0.39 is 0 Å². The summed E-state index contributed by atoms with van der Waals surface area (Å²) in [6, 6.07) is 9.40. The molecule has 0 fully saturated rings. The number of benzene rings is 1. The molecule has 0 spiro atoms. The van der Waals surface area contributed by atoms with Gasteiger partial charge in [0.15, 0.2) is 0 Å². The van der Waals surface area contributed by atoms with E-state index in [4.69, 9.17) is 4.74 Å². The van der Waals surface area contributed by atoms with Crippen LogP contribution in [0, 0.1) is 0 Å². The van der Waals surface area contributed by atoms with Gasteiger partial charge in [0.2, 0.25) is 0 Å². The summed E-state index contributed by atoms with van der Waals surface area (Å²) < 4.78 is 5.40. The molecule has 0 aliphatic heterocycles. The predicted molar refractivity (Wildman–Crippen MR) is 78.3 cm³/mol. The third-order valence-electron chi connectivity index (χ3n) is 3.37. The van der Waals surface area contributed by atoms with Gasteiger partial charge in [0.1, 0.15) is 5.75 Å². The van der Waals surface area contributed by atoms with E-state index in [1.54, 1.807) is 7.11 Å². The Morgan fingerprint density at radius 1 is 1.22 bits per heavy atom. The normalized spacial score (nSPS) is 14.2. The molecule has 2 heteroatoms. The highest BCUT2D eigenvalue weighted by atomic mass is 16.5. The zero-order chi connectivity index (χ0) is 13.4. The van der Waals surface area contributed by atoms with E-state index in [0.29, 0.717) is 12.1 Å². The van der Waals surface area contributed by atoms with Crippen LogP contribution in [0.5, 0.6) is 5.75 Å². The third-order valence-corrected chi connectivity index (χ3v) is 3.37. The van der Waals surface area contributed by atoms with Gasteiger partial charge in [-0.1, -0.05) is 38.5 Å². The van der Waals surface area contributed by atoms with Crippen LogP contribution < -0.4 is 10.1 Å². The predicted octanol–water partition coefficient (Wildman–Crippen LogP) is 3.79. The minimum atomic E-state index is 0.484. The molecule has 2 atom stereocenters. The largest absolute Gasteiger partial charge is 0.496 e. The molecule has 1 rings (SSSR count). The second kappa shape index (κ2) is 8.15. The van der Waals surface area contributed by atoms with Gasteiger partial charge in [0, 0.05) is 12.1 Å². The van der Waals surface area contributed by atoms with Gasteiger partial charge in [-0.15, -0.1) is 0 Å². The molecule has 0 aromatic heterocycles. The van der Waals surface area contributed by atoms with E-state index in [1.807, 2.05) is 12.1 Å². The Labute approximate surface area is 112 Å². The first-order chi connectivity index (χ1) is 8.71. The number of methoxy groups -OCH3 is 1. The van der Waals surface area contributed by atoms with Crippen molar-refractivity contribution in [1.82, 2.24) is 5.32 Å². The minimum absolute atomic E-state index is 0.484. The number of rotatable bonds is 8. The summed E-state index contributed by atoms with van der Waals surface area (Å²) in [5.41, 5.74) is 1.28. The molecule has 102 valence electrons. The summed E-state index contributed by atoms with van der Waals surface area (Å²) in [7, 11) is 1.74. The van der Waals surface area contributed by atoms with Crippen LogP contribution in [-0.2, 0) is 6.42 Å². The van der Waals surface area contributed by atoms with Gasteiger partial charge >= 0.3 is 0 Å². The van der Waals surface area contributed by atoms with E-state index in [2.05, 4.69) is 38.2 Å². The first kappa shape index (κ1) is 15.0. The van der Waals surface area contributed by atoms with Crippen LogP contribution in [0.4, 0.5) is 0 Å². The smallest absolute Gasteiger partial charge is 0.122 e. The summed E-state index contributed by atoms with van der Waals surface area (Å²) in [6.07, 6.45) is 4.72. The fourth-order valence-electron chi connectivity index (χ4n) is 2.42. The molecule has 2 unspecified atom stereocenters. The molecule has 0 amide bonds. The van der Waals surface area contributed by atoms with Crippen molar-refractivity contribution in [3.8, 4) is 5.75 Å². The highest BCUT2D eigenvalue weighted by molar-refractivity contribution is 5.33. The zero-order valence-electron chi connectivity index (χ0n) is 12.2. The Morgan fingerprint density at radius 3 is 2.56 bits per heavy atom. The number of hydrogen-bond acceptors (Lipinski definition) is 2. The summed E-state index contributed by atoms with van der Waals surface area (Å²) in [5.74, 6) is 0.995. The third kappa shape index (κ3) is 4.69. The Kier molecular flexibility index (Phi) is 6.81. The number of nitrogens with one attached hydrogen (secondary N) is 1. The SMILES string of the molecule is CCCC(CC)NC(C)Cc1ccccc1OC. The fourth-order valence-corrected chi connectivity index (χ4v) is 2.42. The number of para-hydroxylation sites is 1. The van der Waals surface area contributed by atoms with E-state index in [-0.39, 0.29) is 0 Å². The summed E-state index contributed by atoms with van der Waals surface area (Å²) in [5, 5.41) is 3.71. The molecule has 2 nitrogen and oxygen atoms in total. The Hall–Kier alpha value is -1.02. The average molecular weight is 249 g/mol. The Bertz CT molecular complexity index is 338. The number of hydrogen-bond donors (Lipinski definition) is 1. The van der Waals surface area contributed by atoms with E-state index in [0.717, 1.165) is 12.2 Å². The molecular formula is C16H27NO. The number of ether oxygens (including phenoxy) is 1. The molecule has 0 aliphatic rings. The van der Waals surface area contributed by atoms with Gasteiger partial charge < -0.3 is 10.1 Å². The van der Waals surface area contributed by atoms with Crippen molar-refractivity contribution in [3.05, 3.63) is 29.8 Å². The van der Waals surface area contributed by atoms with Crippen molar-refractivity contribution in [2.45, 2.75) is 58.5 Å². The standard InChI is InChI=1S/C16H27NO/c1-5-9-15(6-2)17-13(3)12-14-10-7-8-11-16(14)18-4/h7-8,10-11,13,15,17H,5-6,9,12H2,1-4H3. The van der Waals surface area contributed by atoms with Crippen LogP contribution >= 0.6 is 0 Å². The minimum Gasteiger partial charge on any atom is -0.496 e. The monoisotopic (exact) mass is 249 g/mol. The van der Waals surface area contributed by atoms with Crippen LogP contribution in [-0.4, -0.2) is 19.2 Å². The second-order valence-electron chi connectivity index (χ2n) is 4.98. The first-order valence-electron chi connectivity index (χ1n) is 7.09. The first-order valence-corrected chi connectivity index (χ1v) is 7.09. The van der Waals surface area contributed by atoms with Crippen molar-refractivity contribution < 1.29 is 4.74 Å². The van der Waals surface area contributed by atoms with Gasteiger partial charge in [-0.3, -0.25) is 0 Å². The van der Waals surface area contributed by atoms with Crippen LogP contribution in [0.15, 0.2) is 24.3 Å². The van der Waals surface area contributed by atoms with Crippen molar-refractivity contribution in [1.29, 1.82) is 0 Å². The maximum absolute atomic E-state index is 5.40. The highest BCUT2D eigenvalue weighted by Crippen LogP contribution is 2.19. The quantitative estimate of drug-likeness (QED) is 0.756. The maximum Gasteiger partial charge on any atom is 0.122 e. The summed E-state index contributed by atoms with van der Waals surface area (Å²) in [6.45, 7) is 6.75. The average Bonchev–Trinajstić information content (AvgIpc) is 2.38. The van der Waals surface area contributed by atoms with Crippen molar-refractivity contribution in [3.63, 3.8) is 0 Å². The molecule has 0 heterocycles. The molecule has 18 heavy (non-hydrogen) atoms.